The molecule has 0 saturated carbocycles. The van der Waals surface area contributed by atoms with Crippen molar-refractivity contribution in [3.63, 3.8) is 0 Å². The number of methoxy groups -OCH3 is 1. The lowest BCUT2D eigenvalue weighted by Crippen LogP contribution is -2.35. The number of hydrogen-bond donors (Lipinski definition) is 2. The molecule has 2 aromatic carbocycles. The van der Waals surface area contributed by atoms with E-state index in [1.54, 1.807) is 28.9 Å². The smallest absolute Gasteiger partial charge is 0.337 e. The summed E-state index contributed by atoms with van der Waals surface area (Å²) in [6, 6.07) is 13.5. The Morgan fingerprint density at radius 3 is 2.42 bits per heavy atom. The molecule has 8 heteroatoms. The summed E-state index contributed by atoms with van der Waals surface area (Å²) in [5.74, 6) is -0.540. The summed E-state index contributed by atoms with van der Waals surface area (Å²) in [4.78, 5) is 36.9. The van der Waals surface area contributed by atoms with Crippen molar-refractivity contribution in [3.8, 4) is 11.3 Å². The maximum Gasteiger partial charge on any atom is 0.337 e. The molecular weight excluding hydrogens is 396 g/mol. The van der Waals surface area contributed by atoms with Crippen molar-refractivity contribution < 1.29 is 19.1 Å². The Morgan fingerprint density at radius 2 is 1.77 bits per heavy atom. The molecule has 2 heterocycles. The molecule has 0 saturated heterocycles. The second-order valence-corrected chi connectivity index (χ2v) is 7.46. The minimum atomic E-state index is -0.790. The van der Waals surface area contributed by atoms with Crippen LogP contribution in [0.5, 0.6) is 0 Å². The molecule has 0 radical (unpaired) electrons. The van der Waals surface area contributed by atoms with Crippen LogP contribution in [-0.2, 0) is 14.3 Å². The minimum absolute atomic E-state index is 0.0203. The van der Waals surface area contributed by atoms with E-state index in [9.17, 15) is 14.4 Å². The zero-order chi connectivity index (χ0) is 22.1. The maximum absolute atomic E-state index is 13.0. The number of aromatic nitrogens is 2. The molecule has 0 spiro atoms. The van der Waals surface area contributed by atoms with Crippen LogP contribution in [0, 0.1) is 13.8 Å². The number of fused-ring (bicyclic) bond motifs is 1. The number of hydrogen-bond acceptors (Lipinski definition) is 5. The average molecular weight is 418 g/mol. The highest BCUT2D eigenvalue weighted by Crippen LogP contribution is 2.34. The fraction of sp³-hybridized carbons (Fsp3) is 0.217. The Labute approximate surface area is 179 Å². The van der Waals surface area contributed by atoms with E-state index >= 15 is 0 Å². The molecule has 0 bridgehead atoms. The van der Waals surface area contributed by atoms with Gasteiger partial charge in [-0.3, -0.25) is 9.59 Å². The van der Waals surface area contributed by atoms with Gasteiger partial charge >= 0.3 is 5.97 Å². The lowest BCUT2D eigenvalue weighted by atomic mass is 10.1. The van der Waals surface area contributed by atoms with Crippen LogP contribution >= 0.6 is 0 Å². The molecule has 3 aromatic rings. The SMILES string of the molecule is COC(=O)c1ccc(NC(=O)[C@H]2CC(=O)Nc3c(C)c(-c4ccc(C)cc4)nn32)cc1. The Balaban J connectivity index is 1.62. The van der Waals surface area contributed by atoms with Gasteiger partial charge in [0, 0.05) is 16.8 Å². The van der Waals surface area contributed by atoms with E-state index in [-0.39, 0.29) is 18.2 Å². The third-order valence-corrected chi connectivity index (χ3v) is 5.28. The molecule has 0 fully saturated rings. The fourth-order valence-corrected chi connectivity index (χ4v) is 3.56. The number of nitrogens with zero attached hydrogens (tertiary/aromatic N) is 2. The minimum Gasteiger partial charge on any atom is -0.465 e. The highest BCUT2D eigenvalue weighted by atomic mass is 16.5. The van der Waals surface area contributed by atoms with Gasteiger partial charge in [0.05, 0.1) is 24.8 Å². The topological polar surface area (TPSA) is 102 Å². The molecular formula is C23H22N4O4. The van der Waals surface area contributed by atoms with E-state index in [1.165, 1.54) is 7.11 Å². The van der Waals surface area contributed by atoms with Crippen molar-refractivity contribution in [1.82, 2.24) is 9.78 Å². The largest absolute Gasteiger partial charge is 0.465 e. The first-order valence-electron chi connectivity index (χ1n) is 9.82. The Morgan fingerprint density at radius 1 is 1.10 bits per heavy atom. The van der Waals surface area contributed by atoms with Gasteiger partial charge in [-0.15, -0.1) is 0 Å². The van der Waals surface area contributed by atoms with Crippen LogP contribution in [0.15, 0.2) is 48.5 Å². The van der Waals surface area contributed by atoms with Gasteiger partial charge in [0.2, 0.25) is 11.8 Å². The molecule has 2 amide bonds. The first kappa shape index (κ1) is 20.3. The Kier molecular flexibility index (Phi) is 5.29. The van der Waals surface area contributed by atoms with Crippen LogP contribution in [0.4, 0.5) is 11.5 Å². The number of rotatable bonds is 4. The number of ether oxygens (including phenoxy) is 1. The molecule has 1 aromatic heterocycles. The van der Waals surface area contributed by atoms with Gasteiger partial charge in [0.15, 0.2) is 0 Å². The van der Waals surface area contributed by atoms with Gasteiger partial charge in [0.25, 0.3) is 0 Å². The molecule has 1 aliphatic rings. The van der Waals surface area contributed by atoms with Crippen LogP contribution in [0.2, 0.25) is 0 Å². The molecule has 158 valence electrons. The van der Waals surface area contributed by atoms with Crippen LogP contribution in [-0.4, -0.2) is 34.7 Å². The Hall–Kier alpha value is -3.94. The molecule has 2 N–H and O–H groups in total. The number of aryl methyl sites for hydroxylation is 1. The average Bonchev–Trinajstić information content (AvgIpc) is 3.10. The highest BCUT2D eigenvalue weighted by molar-refractivity contribution is 6.02. The van der Waals surface area contributed by atoms with Gasteiger partial charge in [0.1, 0.15) is 11.9 Å². The van der Waals surface area contributed by atoms with Gasteiger partial charge in [-0.25, -0.2) is 9.48 Å². The standard InChI is InChI=1S/C23H22N4O4/c1-13-4-6-15(7-5-13)20-14(2)21-25-19(28)12-18(27(21)26-20)22(29)24-17-10-8-16(9-11-17)23(30)31-3/h4-11,18H,12H2,1-3H3,(H,24,29)(H,25,28)/t18-/m1/s1. The quantitative estimate of drug-likeness (QED) is 0.632. The van der Waals surface area contributed by atoms with Crippen LogP contribution in [0.25, 0.3) is 11.3 Å². The van der Waals surface area contributed by atoms with Crippen molar-refractivity contribution in [2.24, 2.45) is 0 Å². The molecule has 1 atom stereocenters. The van der Waals surface area contributed by atoms with E-state index in [4.69, 9.17) is 0 Å². The van der Waals surface area contributed by atoms with Crippen molar-refractivity contribution >= 4 is 29.3 Å². The summed E-state index contributed by atoms with van der Waals surface area (Å²) in [7, 11) is 1.31. The second kappa shape index (κ2) is 8.06. The predicted molar refractivity (Wildman–Crippen MR) is 116 cm³/mol. The first-order chi connectivity index (χ1) is 14.9. The maximum atomic E-state index is 13.0. The normalized spacial score (nSPS) is 15.1. The van der Waals surface area contributed by atoms with Crippen molar-refractivity contribution in [3.05, 3.63) is 65.2 Å². The zero-order valence-electron chi connectivity index (χ0n) is 17.4. The molecule has 31 heavy (non-hydrogen) atoms. The van der Waals surface area contributed by atoms with Crippen LogP contribution in [0.1, 0.15) is 33.9 Å². The number of benzene rings is 2. The van der Waals surface area contributed by atoms with E-state index in [2.05, 4.69) is 20.5 Å². The highest BCUT2D eigenvalue weighted by Gasteiger charge is 2.34. The Bertz CT molecular complexity index is 1160. The number of carbonyl (C=O) groups excluding carboxylic acids is 3. The zero-order valence-corrected chi connectivity index (χ0v) is 17.4. The number of esters is 1. The fourth-order valence-electron chi connectivity index (χ4n) is 3.56. The van der Waals surface area contributed by atoms with Crippen molar-refractivity contribution in [2.45, 2.75) is 26.3 Å². The molecule has 8 nitrogen and oxygen atoms in total. The number of amides is 2. The molecule has 4 rings (SSSR count). The van der Waals surface area contributed by atoms with Gasteiger partial charge in [-0.2, -0.15) is 5.10 Å². The van der Waals surface area contributed by atoms with E-state index in [0.29, 0.717) is 17.1 Å². The van der Waals surface area contributed by atoms with Gasteiger partial charge in [-0.05, 0) is 38.1 Å². The molecule has 0 unspecified atom stereocenters. The van der Waals surface area contributed by atoms with E-state index in [0.717, 1.165) is 22.4 Å². The number of anilines is 2. The molecule has 1 aliphatic heterocycles. The second-order valence-electron chi connectivity index (χ2n) is 7.46. The van der Waals surface area contributed by atoms with Crippen LogP contribution in [0.3, 0.4) is 0 Å². The summed E-state index contributed by atoms with van der Waals surface area (Å²) < 4.78 is 6.25. The van der Waals surface area contributed by atoms with Gasteiger partial charge in [-0.1, -0.05) is 29.8 Å². The van der Waals surface area contributed by atoms with Crippen LogP contribution < -0.4 is 10.6 Å². The summed E-state index contributed by atoms with van der Waals surface area (Å²) in [6.45, 7) is 3.88. The summed E-state index contributed by atoms with van der Waals surface area (Å²) >= 11 is 0. The lowest BCUT2D eigenvalue weighted by molar-refractivity contribution is -0.125. The van der Waals surface area contributed by atoms with Crippen molar-refractivity contribution in [1.29, 1.82) is 0 Å². The number of nitrogens with one attached hydrogen (secondary N) is 2. The molecule has 0 aliphatic carbocycles. The van der Waals surface area contributed by atoms with E-state index < -0.39 is 12.0 Å². The third-order valence-electron chi connectivity index (χ3n) is 5.28. The monoisotopic (exact) mass is 418 g/mol. The number of carbonyl (C=O) groups is 3. The predicted octanol–water partition coefficient (Wildman–Crippen LogP) is 3.48. The van der Waals surface area contributed by atoms with Gasteiger partial charge < -0.3 is 15.4 Å². The van der Waals surface area contributed by atoms with E-state index in [1.807, 2.05) is 38.1 Å². The van der Waals surface area contributed by atoms with Crippen molar-refractivity contribution in [2.75, 3.05) is 17.7 Å². The summed E-state index contributed by atoms with van der Waals surface area (Å²) in [5.41, 5.74) is 4.46. The lowest BCUT2D eigenvalue weighted by Gasteiger charge is -2.24. The summed E-state index contributed by atoms with van der Waals surface area (Å²) in [5, 5.41) is 10.3. The first-order valence-corrected chi connectivity index (χ1v) is 9.82. The third kappa shape index (κ3) is 3.92. The summed E-state index contributed by atoms with van der Waals surface area (Å²) in [6.07, 6.45) is -0.0203.